The number of aliphatic hydroxyl groups is 1. The molecule has 3 fully saturated rings. The molecule has 47 heavy (non-hydrogen) atoms. The molecule has 3 saturated heterocycles. The summed E-state index contributed by atoms with van der Waals surface area (Å²) in [6.07, 6.45) is 0.836. The number of amides is 4. The highest BCUT2D eigenvalue weighted by molar-refractivity contribution is 7.13. The van der Waals surface area contributed by atoms with E-state index in [9.17, 15) is 24.3 Å². The van der Waals surface area contributed by atoms with Crippen LogP contribution in [0.1, 0.15) is 58.2 Å². The number of aromatic nitrogens is 1. The van der Waals surface area contributed by atoms with Gasteiger partial charge in [-0.25, -0.2) is 9.78 Å². The number of β-amino-alcohol motifs (C(OH)–C–C–N with tert-alkyl or cyclic N) is 1. The first kappa shape index (κ1) is 34.8. The highest BCUT2D eigenvalue weighted by atomic mass is 32.1. The van der Waals surface area contributed by atoms with Gasteiger partial charge in [0.1, 0.15) is 12.1 Å². The van der Waals surface area contributed by atoms with Crippen LogP contribution in [0.15, 0.2) is 29.8 Å². The van der Waals surface area contributed by atoms with Crippen LogP contribution in [0.25, 0.3) is 10.4 Å². The van der Waals surface area contributed by atoms with Crippen LogP contribution in [-0.2, 0) is 25.7 Å². The number of carbonyl (C=O) groups excluding carboxylic acids is 4. The molecule has 3 aliphatic heterocycles. The summed E-state index contributed by atoms with van der Waals surface area (Å²) in [6, 6.07) is 6.18. The van der Waals surface area contributed by atoms with Crippen molar-refractivity contribution in [3.05, 3.63) is 41.0 Å². The average Bonchev–Trinajstić information content (AvgIpc) is 3.59. The summed E-state index contributed by atoms with van der Waals surface area (Å²) in [6.45, 7) is 13.1. The van der Waals surface area contributed by atoms with E-state index in [4.69, 9.17) is 4.74 Å². The van der Waals surface area contributed by atoms with E-state index in [1.54, 1.807) is 16.2 Å². The van der Waals surface area contributed by atoms with Crippen LogP contribution in [0.2, 0.25) is 0 Å². The Bertz CT molecular complexity index is 1440. The van der Waals surface area contributed by atoms with E-state index in [2.05, 4.69) is 15.6 Å². The van der Waals surface area contributed by atoms with Gasteiger partial charge in [0.2, 0.25) is 17.7 Å². The Morgan fingerprint density at radius 1 is 1.13 bits per heavy atom. The summed E-state index contributed by atoms with van der Waals surface area (Å²) in [5.74, 6) is -1.00. The van der Waals surface area contributed by atoms with Crippen molar-refractivity contribution in [2.24, 2.45) is 10.8 Å². The maximum absolute atomic E-state index is 13.9. The predicted molar refractivity (Wildman–Crippen MR) is 178 cm³/mol. The molecule has 1 aromatic heterocycles. The number of nitrogens with zero attached hydrogens (tertiary/aromatic N) is 4. The third-order valence-electron chi connectivity index (χ3n) is 9.23. The van der Waals surface area contributed by atoms with Crippen molar-refractivity contribution in [1.82, 2.24) is 30.3 Å². The summed E-state index contributed by atoms with van der Waals surface area (Å²) in [4.78, 5) is 63.1. The normalized spacial score (nSPS) is 21.1. The number of unbranched alkanes of at least 4 members (excludes halogenated alkanes) is 1. The van der Waals surface area contributed by atoms with E-state index in [1.165, 1.54) is 4.90 Å². The molecule has 2 aromatic rings. The van der Waals surface area contributed by atoms with Gasteiger partial charge in [-0.15, -0.1) is 11.3 Å². The number of thiazole rings is 1. The van der Waals surface area contributed by atoms with E-state index in [0.29, 0.717) is 32.8 Å². The summed E-state index contributed by atoms with van der Waals surface area (Å²) >= 11 is 1.58. The van der Waals surface area contributed by atoms with Crippen molar-refractivity contribution in [1.29, 1.82) is 0 Å². The highest BCUT2D eigenvalue weighted by Crippen LogP contribution is 2.39. The van der Waals surface area contributed by atoms with Gasteiger partial charge in [-0.1, -0.05) is 58.4 Å². The SMILES string of the molecule is CCCCOC(=O)N1CC2(CN(CC(=O)N[C@H](C(=O)N3C[C@H](O)C[C@H]3C(=O)NCc3ccc(-c4scnc4C)cc3)C(C)(C)C)C2)C1. The van der Waals surface area contributed by atoms with E-state index < -0.39 is 23.6 Å². The number of aryl methyl sites for hydroxylation is 1. The maximum atomic E-state index is 13.9. The van der Waals surface area contributed by atoms with Gasteiger partial charge < -0.3 is 30.3 Å². The molecular weight excluding hydrogens is 620 g/mol. The second-order valence-electron chi connectivity index (χ2n) is 14.4. The molecule has 3 N–H and O–H groups in total. The van der Waals surface area contributed by atoms with Gasteiger partial charge >= 0.3 is 6.09 Å². The first-order valence-corrected chi connectivity index (χ1v) is 17.4. The second kappa shape index (κ2) is 14.3. The van der Waals surface area contributed by atoms with Crippen LogP contribution < -0.4 is 10.6 Å². The van der Waals surface area contributed by atoms with Gasteiger partial charge in [0.05, 0.1) is 35.3 Å². The van der Waals surface area contributed by atoms with Gasteiger partial charge in [0.25, 0.3) is 0 Å². The molecule has 0 bridgehead atoms. The van der Waals surface area contributed by atoms with E-state index in [0.717, 1.165) is 34.5 Å². The molecule has 5 rings (SSSR count). The number of aliphatic hydroxyl groups excluding tert-OH is 1. The molecule has 3 atom stereocenters. The Labute approximate surface area is 280 Å². The molecule has 4 heterocycles. The molecule has 0 radical (unpaired) electrons. The number of carbonyl (C=O) groups is 4. The van der Waals surface area contributed by atoms with Crippen LogP contribution in [0.3, 0.4) is 0 Å². The molecule has 3 aliphatic rings. The Kier molecular flexibility index (Phi) is 10.6. The van der Waals surface area contributed by atoms with Crippen LogP contribution in [0, 0.1) is 17.8 Å². The fourth-order valence-corrected chi connectivity index (χ4v) is 7.50. The summed E-state index contributed by atoms with van der Waals surface area (Å²) in [7, 11) is 0. The Hall–Kier alpha value is -3.55. The summed E-state index contributed by atoms with van der Waals surface area (Å²) in [5, 5.41) is 16.4. The average molecular weight is 669 g/mol. The van der Waals surface area contributed by atoms with Gasteiger partial charge in [0.15, 0.2) is 0 Å². The quantitative estimate of drug-likeness (QED) is 0.310. The standard InChI is InChI=1S/C34H48N6O6S/c1-6-7-12-46-32(45)39-19-34(20-39)17-38(18-34)16-27(42)37-29(33(3,4)5)31(44)40-15-25(41)13-26(40)30(43)35-14-23-8-10-24(11-9-23)28-22(2)36-21-47-28/h8-11,21,25-26,29,41H,6-7,12-20H2,1-5H3,(H,35,43)(H,37,42)/t25-,26+,29-/m1/s1. The third-order valence-corrected chi connectivity index (χ3v) is 10.2. The number of nitrogens with one attached hydrogen (secondary N) is 2. The summed E-state index contributed by atoms with van der Waals surface area (Å²) in [5.41, 5.74) is 4.13. The number of hydrogen-bond donors (Lipinski definition) is 3. The van der Waals surface area contributed by atoms with Crippen molar-refractivity contribution < 1.29 is 29.0 Å². The van der Waals surface area contributed by atoms with E-state index in [1.807, 2.05) is 69.3 Å². The number of rotatable bonds is 11. The second-order valence-corrected chi connectivity index (χ2v) is 15.3. The minimum atomic E-state index is -0.884. The Morgan fingerprint density at radius 2 is 1.83 bits per heavy atom. The lowest BCUT2D eigenvalue weighted by molar-refractivity contribution is -0.145. The molecule has 256 valence electrons. The first-order chi connectivity index (χ1) is 22.3. The third kappa shape index (κ3) is 8.13. The number of ether oxygens (including phenoxy) is 1. The molecule has 1 aromatic carbocycles. The fraction of sp³-hybridized carbons (Fsp3) is 0.618. The Balaban J connectivity index is 1.12. The lowest BCUT2D eigenvalue weighted by atomic mass is 9.73. The maximum Gasteiger partial charge on any atom is 0.409 e. The molecule has 13 heteroatoms. The summed E-state index contributed by atoms with van der Waals surface area (Å²) < 4.78 is 5.29. The number of likely N-dealkylation sites (tertiary alicyclic amines) is 3. The smallest absolute Gasteiger partial charge is 0.409 e. The monoisotopic (exact) mass is 668 g/mol. The molecule has 0 aliphatic carbocycles. The van der Waals surface area contributed by atoms with E-state index in [-0.39, 0.29) is 55.3 Å². The van der Waals surface area contributed by atoms with Gasteiger partial charge in [-0.2, -0.15) is 0 Å². The zero-order chi connectivity index (χ0) is 33.9. The van der Waals surface area contributed by atoms with Crippen molar-refractivity contribution in [2.45, 2.75) is 78.6 Å². The first-order valence-electron chi connectivity index (χ1n) is 16.5. The predicted octanol–water partition coefficient (Wildman–Crippen LogP) is 2.78. The van der Waals surface area contributed by atoms with E-state index >= 15 is 0 Å². The van der Waals surface area contributed by atoms with Crippen molar-refractivity contribution in [3.63, 3.8) is 0 Å². The lowest BCUT2D eigenvalue weighted by Gasteiger charge is -2.59. The van der Waals surface area contributed by atoms with Crippen LogP contribution in [-0.4, -0.2) is 113 Å². The van der Waals surface area contributed by atoms with Crippen molar-refractivity contribution in [2.75, 3.05) is 45.9 Å². The fourth-order valence-electron chi connectivity index (χ4n) is 6.69. The number of benzene rings is 1. The molecule has 4 amide bonds. The topological polar surface area (TPSA) is 144 Å². The Morgan fingerprint density at radius 3 is 2.45 bits per heavy atom. The zero-order valence-electron chi connectivity index (χ0n) is 28.1. The number of hydrogen-bond acceptors (Lipinski definition) is 9. The molecular formula is C34H48N6O6S. The van der Waals surface area contributed by atoms with Gasteiger partial charge in [-0.3, -0.25) is 19.3 Å². The van der Waals surface area contributed by atoms with Crippen molar-refractivity contribution in [3.8, 4) is 10.4 Å². The van der Waals surface area contributed by atoms with Crippen LogP contribution in [0.4, 0.5) is 4.79 Å². The van der Waals surface area contributed by atoms with Crippen molar-refractivity contribution >= 4 is 35.2 Å². The largest absolute Gasteiger partial charge is 0.449 e. The van der Waals surface area contributed by atoms with Gasteiger partial charge in [-0.05, 0) is 29.9 Å². The molecule has 0 saturated carbocycles. The zero-order valence-corrected chi connectivity index (χ0v) is 28.9. The van der Waals surface area contributed by atoms with Gasteiger partial charge in [0, 0.05) is 51.1 Å². The molecule has 0 unspecified atom stereocenters. The molecule has 1 spiro atoms. The minimum absolute atomic E-state index is 0.00178. The van der Waals surface area contributed by atoms with Crippen LogP contribution in [0.5, 0.6) is 0 Å². The molecule has 12 nitrogen and oxygen atoms in total. The minimum Gasteiger partial charge on any atom is -0.449 e. The highest BCUT2D eigenvalue weighted by Gasteiger charge is 2.54. The lowest BCUT2D eigenvalue weighted by Crippen LogP contribution is -2.73. The van der Waals surface area contributed by atoms with Crippen LogP contribution >= 0.6 is 11.3 Å².